The van der Waals surface area contributed by atoms with Gasteiger partial charge in [0.05, 0.1) is 20.2 Å². The van der Waals surface area contributed by atoms with Gasteiger partial charge in [-0.1, -0.05) is 0 Å². The SMILES string of the molecule is CCN(C(=O)CN(C)CC(=O)OC)c1ccc(F)cc1. The third-order valence-corrected chi connectivity index (χ3v) is 2.79. The first-order chi connectivity index (χ1) is 9.47. The van der Waals surface area contributed by atoms with E-state index in [4.69, 9.17) is 0 Å². The smallest absolute Gasteiger partial charge is 0.319 e. The van der Waals surface area contributed by atoms with Gasteiger partial charge in [-0.3, -0.25) is 14.5 Å². The Morgan fingerprint density at radius 1 is 1.20 bits per heavy atom. The number of likely N-dealkylation sites (N-methyl/N-ethyl adjacent to an activating group) is 2. The Kier molecular flexibility index (Phi) is 6.11. The van der Waals surface area contributed by atoms with Gasteiger partial charge >= 0.3 is 5.97 Å². The second-order valence-corrected chi connectivity index (χ2v) is 4.36. The van der Waals surface area contributed by atoms with E-state index in [0.717, 1.165) is 0 Å². The van der Waals surface area contributed by atoms with Crippen molar-refractivity contribution < 1.29 is 18.7 Å². The van der Waals surface area contributed by atoms with Crippen LogP contribution in [0.2, 0.25) is 0 Å². The van der Waals surface area contributed by atoms with Crippen LogP contribution in [0.1, 0.15) is 6.92 Å². The number of esters is 1. The molecule has 0 heterocycles. The Morgan fingerprint density at radius 2 is 1.80 bits per heavy atom. The van der Waals surface area contributed by atoms with Crippen molar-refractivity contribution >= 4 is 17.6 Å². The van der Waals surface area contributed by atoms with Crippen LogP contribution in [0.15, 0.2) is 24.3 Å². The summed E-state index contributed by atoms with van der Waals surface area (Å²) in [6.07, 6.45) is 0. The molecule has 110 valence electrons. The van der Waals surface area contributed by atoms with Crippen LogP contribution in [-0.4, -0.2) is 50.6 Å². The molecule has 0 saturated carbocycles. The fourth-order valence-electron chi connectivity index (χ4n) is 1.78. The highest BCUT2D eigenvalue weighted by Gasteiger charge is 2.17. The van der Waals surface area contributed by atoms with Crippen LogP contribution in [0, 0.1) is 5.82 Å². The number of hydrogen-bond donors (Lipinski definition) is 0. The number of benzene rings is 1. The summed E-state index contributed by atoms with van der Waals surface area (Å²) >= 11 is 0. The number of carbonyl (C=O) groups excluding carboxylic acids is 2. The number of nitrogens with zero attached hydrogens (tertiary/aromatic N) is 2. The molecular weight excluding hydrogens is 263 g/mol. The van der Waals surface area contributed by atoms with Gasteiger partial charge in [-0.25, -0.2) is 4.39 Å². The molecule has 1 aromatic rings. The molecule has 1 amide bonds. The predicted octanol–water partition coefficient (Wildman–Crippen LogP) is 1.28. The zero-order valence-electron chi connectivity index (χ0n) is 11.9. The maximum absolute atomic E-state index is 12.9. The zero-order valence-corrected chi connectivity index (χ0v) is 11.9. The number of carbonyl (C=O) groups is 2. The second-order valence-electron chi connectivity index (χ2n) is 4.36. The van der Waals surface area contributed by atoms with Crippen LogP contribution in [-0.2, 0) is 14.3 Å². The molecule has 0 unspecified atom stereocenters. The van der Waals surface area contributed by atoms with E-state index in [1.165, 1.54) is 24.1 Å². The molecule has 0 aromatic heterocycles. The van der Waals surface area contributed by atoms with Gasteiger partial charge in [-0.15, -0.1) is 0 Å². The van der Waals surface area contributed by atoms with Crippen molar-refractivity contribution in [2.75, 3.05) is 38.7 Å². The molecule has 6 heteroatoms. The highest BCUT2D eigenvalue weighted by molar-refractivity contribution is 5.94. The van der Waals surface area contributed by atoms with Crippen LogP contribution >= 0.6 is 0 Å². The zero-order chi connectivity index (χ0) is 15.1. The van der Waals surface area contributed by atoms with Crippen LogP contribution in [0.25, 0.3) is 0 Å². The summed E-state index contributed by atoms with van der Waals surface area (Å²) < 4.78 is 17.4. The summed E-state index contributed by atoms with van der Waals surface area (Å²) in [7, 11) is 2.96. The van der Waals surface area contributed by atoms with E-state index in [1.54, 1.807) is 24.1 Å². The molecule has 20 heavy (non-hydrogen) atoms. The van der Waals surface area contributed by atoms with Gasteiger partial charge in [0.25, 0.3) is 0 Å². The summed E-state index contributed by atoms with van der Waals surface area (Å²) in [5, 5.41) is 0. The Hall–Kier alpha value is -1.95. The van der Waals surface area contributed by atoms with Crippen LogP contribution < -0.4 is 4.90 Å². The number of hydrogen-bond acceptors (Lipinski definition) is 4. The summed E-state index contributed by atoms with van der Waals surface area (Å²) in [5.74, 6) is -0.907. The molecule has 0 radical (unpaired) electrons. The first-order valence-corrected chi connectivity index (χ1v) is 6.29. The van der Waals surface area contributed by atoms with Crippen molar-refractivity contribution in [3.8, 4) is 0 Å². The molecule has 0 aliphatic heterocycles. The molecule has 1 rings (SSSR count). The molecule has 0 fully saturated rings. The molecule has 0 aliphatic rings. The topological polar surface area (TPSA) is 49.9 Å². The number of halogens is 1. The lowest BCUT2D eigenvalue weighted by atomic mass is 10.2. The normalized spacial score (nSPS) is 10.4. The lowest BCUT2D eigenvalue weighted by molar-refractivity contribution is -0.141. The van der Waals surface area contributed by atoms with Gasteiger partial charge in [-0.05, 0) is 38.2 Å². The Labute approximate surface area is 117 Å². The van der Waals surface area contributed by atoms with E-state index in [2.05, 4.69) is 4.74 Å². The van der Waals surface area contributed by atoms with Crippen LogP contribution in [0.3, 0.4) is 0 Å². The quantitative estimate of drug-likeness (QED) is 0.738. The average Bonchev–Trinajstić information content (AvgIpc) is 2.41. The van der Waals surface area contributed by atoms with E-state index in [-0.39, 0.29) is 24.8 Å². The average molecular weight is 282 g/mol. The fourth-order valence-corrected chi connectivity index (χ4v) is 1.78. The Balaban J connectivity index is 2.67. The van der Waals surface area contributed by atoms with Gasteiger partial charge < -0.3 is 9.64 Å². The third kappa shape index (κ3) is 4.62. The minimum Gasteiger partial charge on any atom is -0.468 e. The van der Waals surface area contributed by atoms with Crippen LogP contribution in [0.4, 0.5) is 10.1 Å². The summed E-state index contributed by atoms with van der Waals surface area (Å²) in [4.78, 5) is 26.4. The maximum Gasteiger partial charge on any atom is 0.319 e. The minimum atomic E-state index is -0.398. The van der Waals surface area contributed by atoms with Crippen LogP contribution in [0.5, 0.6) is 0 Å². The van der Waals surface area contributed by atoms with Gasteiger partial charge in [0.15, 0.2) is 0 Å². The van der Waals surface area contributed by atoms with Crippen molar-refractivity contribution in [3.05, 3.63) is 30.1 Å². The first kappa shape index (κ1) is 16.1. The highest BCUT2D eigenvalue weighted by Crippen LogP contribution is 2.15. The molecule has 0 bridgehead atoms. The van der Waals surface area contributed by atoms with E-state index >= 15 is 0 Å². The molecule has 0 aliphatic carbocycles. The molecular formula is C14H19FN2O3. The standard InChI is InChI=1S/C14H19FN2O3/c1-4-17(12-7-5-11(15)6-8-12)13(18)9-16(2)10-14(19)20-3/h5-8H,4,9-10H2,1-3H3. The van der Waals surface area contributed by atoms with Crippen molar-refractivity contribution in [3.63, 3.8) is 0 Å². The van der Waals surface area contributed by atoms with Crippen molar-refractivity contribution in [1.82, 2.24) is 4.90 Å². The van der Waals surface area contributed by atoms with E-state index < -0.39 is 5.97 Å². The first-order valence-electron chi connectivity index (χ1n) is 6.29. The van der Waals surface area contributed by atoms with E-state index in [1.807, 2.05) is 6.92 Å². The monoisotopic (exact) mass is 282 g/mol. The Bertz CT molecular complexity index is 462. The lowest BCUT2D eigenvalue weighted by Crippen LogP contribution is -2.40. The fraction of sp³-hybridized carbons (Fsp3) is 0.429. The van der Waals surface area contributed by atoms with Crippen molar-refractivity contribution in [2.24, 2.45) is 0 Å². The molecule has 0 atom stereocenters. The molecule has 0 N–H and O–H groups in total. The van der Waals surface area contributed by atoms with Crippen molar-refractivity contribution in [2.45, 2.75) is 6.92 Å². The second kappa shape index (κ2) is 7.59. The lowest BCUT2D eigenvalue weighted by Gasteiger charge is -2.24. The highest BCUT2D eigenvalue weighted by atomic mass is 19.1. The van der Waals surface area contributed by atoms with Gasteiger partial charge in [0, 0.05) is 12.2 Å². The Morgan fingerprint density at radius 3 is 2.30 bits per heavy atom. The third-order valence-electron chi connectivity index (χ3n) is 2.79. The maximum atomic E-state index is 12.9. The minimum absolute atomic E-state index is 0.0449. The number of ether oxygens (including phenoxy) is 1. The largest absolute Gasteiger partial charge is 0.468 e. The van der Waals surface area contributed by atoms with E-state index in [9.17, 15) is 14.0 Å². The van der Waals surface area contributed by atoms with Crippen molar-refractivity contribution in [1.29, 1.82) is 0 Å². The molecule has 5 nitrogen and oxygen atoms in total. The number of amides is 1. The van der Waals surface area contributed by atoms with E-state index in [0.29, 0.717) is 12.2 Å². The number of rotatable bonds is 6. The molecule has 1 aromatic carbocycles. The summed E-state index contributed by atoms with van der Waals surface area (Å²) in [6, 6.07) is 5.72. The summed E-state index contributed by atoms with van der Waals surface area (Å²) in [5.41, 5.74) is 0.630. The number of anilines is 1. The van der Waals surface area contributed by atoms with Gasteiger partial charge in [-0.2, -0.15) is 0 Å². The predicted molar refractivity (Wildman–Crippen MR) is 73.9 cm³/mol. The number of methoxy groups -OCH3 is 1. The summed E-state index contributed by atoms with van der Waals surface area (Å²) in [6.45, 7) is 2.43. The molecule has 0 saturated heterocycles. The molecule has 0 spiro atoms. The van der Waals surface area contributed by atoms with Gasteiger partial charge in [0.1, 0.15) is 5.82 Å². The van der Waals surface area contributed by atoms with Gasteiger partial charge in [0.2, 0.25) is 5.91 Å².